The first-order chi connectivity index (χ1) is 12.8. The Labute approximate surface area is 163 Å². The first-order valence-electron chi connectivity index (χ1n) is 7.95. The lowest BCUT2D eigenvalue weighted by Crippen LogP contribution is -2.51. The molecule has 6 nitrogen and oxygen atoms in total. The lowest BCUT2D eigenvalue weighted by molar-refractivity contribution is -0.137. The second kappa shape index (κ2) is 5.94. The molecular formula is C18H12Cl2FN3O3. The van der Waals surface area contributed by atoms with Gasteiger partial charge in [0.15, 0.2) is 0 Å². The molecule has 2 heterocycles. The minimum atomic E-state index is -1.98. The van der Waals surface area contributed by atoms with Crippen LogP contribution < -0.4 is 10.6 Å². The van der Waals surface area contributed by atoms with E-state index in [1.807, 2.05) is 0 Å². The van der Waals surface area contributed by atoms with E-state index in [4.69, 9.17) is 23.2 Å². The molecule has 1 fully saturated rings. The number of hydrogen-bond acceptors (Lipinski definition) is 3. The number of imide groups is 1. The molecule has 9 heteroatoms. The Kier molecular flexibility index (Phi) is 3.90. The number of urea groups is 1. The van der Waals surface area contributed by atoms with Crippen molar-refractivity contribution in [2.24, 2.45) is 0 Å². The maximum atomic E-state index is 14.3. The molecule has 0 aliphatic carbocycles. The van der Waals surface area contributed by atoms with Crippen LogP contribution in [-0.4, -0.2) is 22.7 Å². The summed E-state index contributed by atoms with van der Waals surface area (Å²) < 4.78 is 14.3. The summed E-state index contributed by atoms with van der Waals surface area (Å²) in [6.45, 7) is 1.35. The highest BCUT2D eigenvalue weighted by molar-refractivity contribution is 6.32. The van der Waals surface area contributed by atoms with Gasteiger partial charge in [-0.1, -0.05) is 29.3 Å². The summed E-state index contributed by atoms with van der Waals surface area (Å²) in [5, 5.41) is 5.18. The van der Waals surface area contributed by atoms with Crippen molar-refractivity contribution in [1.82, 2.24) is 10.2 Å². The Balaban J connectivity index is 1.92. The van der Waals surface area contributed by atoms with Gasteiger partial charge >= 0.3 is 6.03 Å². The zero-order valence-electron chi connectivity index (χ0n) is 13.9. The van der Waals surface area contributed by atoms with Gasteiger partial charge in [0.1, 0.15) is 5.82 Å². The average molecular weight is 408 g/mol. The summed E-state index contributed by atoms with van der Waals surface area (Å²) in [7, 11) is 0. The number of rotatable bonds is 2. The largest absolute Gasteiger partial charge is 0.326 e. The predicted octanol–water partition coefficient (Wildman–Crippen LogP) is 3.34. The Hall–Kier alpha value is -2.64. The number of nitrogens with one attached hydrogen (secondary N) is 2. The number of nitrogens with zero attached hydrogens (tertiary/aromatic N) is 1. The van der Waals surface area contributed by atoms with Gasteiger partial charge in [-0.15, -0.1) is 0 Å². The minimum Gasteiger partial charge on any atom is -0.323 e. The molecule has 1 saturated heterocycles. The highest BCUT2D eigenvalue weighted by Gasteiger charge is 2.64. The second-order valence-electron chi connectivity index (χ2n) is 6.36. The van der Waals surface area contributed by atoms with Gasteiger partial charge in [0, 0.05) is 21.2 Å². The first kappa shape index (κ1) is 17.8. The van der Waals surface area contributed by atoms with Gasteiger partial charge in [-0.05, 0) is 36.8 Å². The van der Waals surface area contributed by atoms with E-state index in [9.17, 15) is 18.8 Å². The Morgan fingerprint density at radius 1 is 1.11 bits per heavy atom. The zero-order valence-corrected chi connectivity index (χ0v) is 15.4. The fourth-order valence-corrected chi connectivity index (χ4v) is 4.07. The van der Waals surface area contributed by atoms with Crippen LogP contribution in [0.3, 0.4) is 0 Å². The number of aryl methyl sites for hydroxylation is 1. The fourth-order valence-electron chi connectivity index (χ4n) is 3.58. The summed E-state index contributed by atoms with van der Waals surface area (Å²) in [4.78, 5) is 39.2. The van der Waals surface area contributed by atoms with Crippen molar-refractivity contribution in [3.8, 4) is 0 Å². The van der Waals surface area contributed by atoms with Gasteiger partial charge in [-0.3, -0.25) is 19.8 Å². The molecule has 1 spiro atoms. The summed E-state index contributed by atoms with van der Waals surface area (Å²) in [6.07, 6.45) is 0. The van der Waals surface area contributed by atoms with E-state index in [1.54, 1.807) is 13.0 Å². The van der Waals surface area contributed by atoms with E-state index in [0.29, 0.717) is 16.3 Å². The van der Waals surface area contributed by atoms with Gasteiger partial charge in [0.05, 0.1) is 12.2 Å². The molecule has 0 radical (unpaired) electrons. The van der Waals surface area contributed by atoms with Gasteiger partial charge < -0.3 is 5.32 Å². The third-order valence-electron chi connectivity index (χ3n) is 4.83. The molecule has 2 aliphatic heterocycles. The molecule has 27 heavy (non-hydrogen) atoms. The number of amides is 4. The van der Waals surface area contributed by atoms with E-state index in [-0.39, 0.29) is 22.7 Å². The van der Waals surface area contributed by atoms with E-state index < -0.39 is 29.2 Å². The quantitative estimate of drug-likeness (QED) is 0.591. The van der Waals surface area contributed by atoms with Crippen molar-refractivity contribution in [2.75, 3.05) is 5.32 Å². The van der Waals surface area contributed by atoms with Crippen molar-refractivity contribution in [3.05, 3.63) is 62.9 Å². The van der Waals surface area contributed by atoms with Crippen LogP contribution in [0.25, 0.3) is 0 Å². The smallest absolute Gasteiger partial charge is 0.323 e. The summed E-state index contributed by atoms with van der Waals surface area (Å²) >= 11 is 12.2. The number of halogens is 3. The number of carbonyl (C=O) groups is 3. The van der Waals surface area contributed by atoms with Crippen LogP contribution in [0.2, 0.25) is 10.0 Å². The number of benzene rings is 2. The van der Waals surface area contributed by atoms with E-state index in [0.717, 1.165) is 4.90 Å². The standard InChI is InChI=1S/C18H12Cl2FN3O3/c1-8-5-9(19)6-11-14(8)22-15(25)18(11)16(26)23-17(27)24(18)7-10-12(20)3-2-4-13(10)21/h2-6H,7H2,1H3,(H,22,25)(H,23,26,27)/t18-/m1/s1. The summed E-state index contributed by atoms with van der Waals surface area (Å²) in [5.74, 6) is -2.18. The number of carbonyl (C=O) groups excluding carboxylic acids is 3. The molecule has 2 aromatic rings. The molecular weight excluding hydrogens is 396 g/mol. The topological polar surface area (TPSA) is 78.5 Å². The number of hydrogen-bond donors (Lipinski definition) is 2. The number of fused-ring (bicyclic) bond motifs is 2. The molecule has 2 aliphatic rings. The Morgan fingerprint density at radius 3 is 2.52 bits per heavy atom. The molecule has 4 amide bonds. The third-order valence-corrected chi connectivity index (χ3v) is 5.41. The highest BCUT2D eigenvalue weighted by atomic mass is 35.5. The van der Waals surface area contributed by atoms with Crippen LogP contribution in [0.1, 0.15) is 16.7 Å². The minimum absolute atomic E-state index is 0.00314. The third kappa shape index (κ3) is 2.35. The fraction of sp³-hybridized carbons (Fsp3) is 0.167. The zero-order chi connectivity index (χ0) is 19.5. The SMILES string of the molecule is Cc1cc(Cl)cc2c1NC(=O)[C@@]21C(=O)NC(=O)N1Cc1c(F)cccc1Cl. The molecule has 0 saturated carbocycles. The number of anilines is 1. The lowest BCUT2D eigenvalue weighted by atomic mass is 9.88. The van der Waals surface area contributed by atoms with Crippen LogP contribution in [0.15, 0.2) is 30.3 Å². The Bertz CT molecular complexity index is 1020. The van der Waals surface area contributed by atoms with Crippen molar-refractivity contribution in [3.63, 3.8) is 0 Å². The summed E-state index contributed by atoms with van der Waals surface area (Å²) in [5.41, 5.74) is -0.692. The first-order valence-corrected chi connectivity index (χ1v) is 8.70. The average Bonchev–Trinajstić information content (AvgIpc) is 3.01. The van der Waals surface area contributed by atoms with Crippen LogP contribution in [0, 0.1) is 12.7 Å². The predicted molar refractivity (Wildman–Crippen MR) is 97.0 cm³/mol. The van der Waals surface area contributed by atoms with Gasteiger partial charge in [-0.2, -0.15) is 0 Å². The van der Waals surface area contributed by atoms with Crippen LogP contribution in [0.4, 0.5) is 14.9 Å². The van der Waals surface area contributed by atoms with Crippen molar-refractivity contribution in [2.45, 2.75) is 19.0 Å². The van der Waals surface area contributed by atoms with Crippen LogP contribution in [-0.2, 0) is 21.7 Å². The molecule has 4 rings (SSSR count). The summed E-state index contributed by atoms with van der Waals surface area (Å²) in [6, 6.07) is 6.34. The van der Waals surface area contributed by atoms with Crippen molar-refractivity contribution < 1.29 is 18.8 Å². The normalized spacial score (nSPS) is 20.9. The second-order valence-corrected chi connectivity index (χ2v) is 7.20. The van der Waals surface area contributed by atoms with E-state index >= 15 is 0 Å². The van der Waals surface area contributed by atoms with Crippen LogP contribution >= 0.6 is 23.2 Å². The maximum absolute atomic E-state index is 14.3. The molecule has 0 bridgehead atoms. The molecule has 1 atom stereocenters. The van der Waals surface area contributed by atoms with Crippen LogP contribution in [0.5, 0.6) is 0 Å². The maximum Gasteiger partial charge on any atom is 0.326 e. The molecule has 2 aromatic carbocycles. The molecule has 0 unspecified atom stereocenters. The molecule has 2 N–H and O–H groups in total. The van der Waals surface area contributed by atoms with Gasteiger partial charge in [0.2, 0.25) is 5.54 Å². The van der Waals surface area contributed by atoms with E-state index in [2.05, 4.69) is 10.6 Å². The highest BCUT2D eigenvalue weighted by Crippen LogP contribution is 2.46. The van der Waals surface area contributed by atoms with Crippen molar-refractivity contribution in [1.29, 1.82) is 0 Å². The van der Waals surface area contributed by atoms with Gasteiger partial charge in [-0.25, -0.2) is 9.18 Å². The monoisotopic (exact) mass is 407 g/mol. The van der Waals surface area contributed by atoms with Crippen molar-refractivity contribution >= 4 is 46.7 Å². The van der Waals surface area contributed by atoms with E-state index in [1.165, 1.54) is 24.3 Å². The molecule has 0 aromatic heterocycles. The van der Waals surface area contributed by atoms with Gasteiger partial charge in [0.25, 0.3) is 11.8 Å². The lowest BCUT2D eigenvalue weighted by Gasteiger charge is -2.30. The Morgan fingerprint density at radius 2 is 1.81 bits per heavy atom. The molecule has 138 valence electrons.